The van der Waals surface area contributed by atoms with Gasteiger partial charge in [0.1, 0.15) is 24.4 Å². The molecule has 0 saturated carbocycles. The van der Waals surface area contributed by atoms with Crippen molar-refractivity contribution in [2.75, 3.05) is 0 Å². The van der Waals surface area contributed by atoms with Gasteiger partial charge in [0.25, 0.3) is 0 Å². The summed E-state index contributed by atoms with van der Waals surface area (Å²) in [6.45, 7) is 9.16. The van der Waals surface area contributed by atoms with Crippen molar-refractivity contribution >= 4 is 11.8 Å². The minimum Gasteiger partial charge on any atom is -0.457 e. The van der Waals surface area contributed by atoms with Crippen LogP contribution in [0.2, 0.25) is 0 Å². The first-order valence-electron chi connectivity index (χ1n) is 9.42. The maximum absolute atomic E-state index is 12.7. The van der Waals surface area contributed by atoms with E-state index in [4.69, 9.17) is 14.2 Å². The summed E-state index contributed by atoms with van der Waals surface area (Å²) in [7, 11) is 0. The van der Waals surface area contributed by atoms with Crippen LogP contribution in [0.25, 0.3) is 0 Å². The lowest BCUT2D eigenvalue weighted by atomic mass is 9.74. The number of hydrogen-bond acceptors (Lipinski definition) is 7. The summed E-state index contributed by atoms with van der Waals surface area (Å²) in [5.74, 6) is -3.85. The lowest BCUT2D eigenvalue weighted by Crippen LogP contribution is -2.62. The molecular formula is C20H26O7. The quantitative estimate of drug-likeness (QED) is 0.399. The van der Waals surface area contributed by atoms with E-state index in [0.717, 1.165) is 5.57 Å². The van der Waals surface area contributed by atoms with E-state index < -0.39 is 53.6 Å². The van der Waals surface area contributed by atoms with Crippen molar-refractivity contribution in [2.24, 2.45) is 11.8 Å². The van der Waals surface area contributed by atoms with E-state index in [1.807, 2.05) is 6.92 Å². The largest absolute Gasteiger partial charge is 0.457 e. The third-order valence-electron chi connectivity index (χ3n) is 6.46. The van der Waals surface area contributed by atoms with Gasteiger partial charge in [-0.15, -0.1) is 0 Å². The van der Waals surface area contributed by atoms with E-state index in [1.165, 1.54) is 6.08 Å². The smallest absolute Gasteiger partial charge is 0.344 e. The second-order valence-electron chi connectivity index (χ2n) is 8.53. The first-order valence-corrected chi connectivity index (χ1v) is 9.42. The molecule has 3 fully saturated rings. The van der Waals surface area contributed by atoms with Crippen LogP contribution in [0.5, 0.6) is 0 Å². The zero-order chi connectivity index (χ0) is 19.7. The van der Waals surface area contributed by atoms with Crippen molar-refractivity contribution in [1.29, 1.82) is 0 Å². The molecule has 3 saturated heterocycles. The Morgan fingerprint density at radius 2 is 2.00 bits per heavy atom. The minimum absolute atomic E-state index is 0.0112. The lowest BCUT2D eigenvalue weighted by Gasteiger charge is -2.48. The molecule has 7 nitrogen and oxygen atoms in total. The van der Waals surface area contributed by atoms with Crippen molar-refractivity contribution in [3.8, 4) is 0 Å². The fourth-order valence-corrected chi connectivity index (χ4v) is 4.82. The van der Waals surface area contributed by atoms with Crippen LogP contribution in [-0.2, 0) is 23.8 Å². The van der Waals surface area contributed by atoms with Gasteiger partial charge in [0.05, 0.1) is 0 Å². The highest BCUT2D eigenvalue weighted by Crippen LogP contribution is 2.56. The average molecular weight is 378 g/mol. The molecule has 0 aromatic heterocycles. The minimum atomic E-state index is -1.99. The summed E-state index contributed by atoms with van der Waals surface area (Å²) in [6, 6.07) is 0. The van der Waals surface area contributed by atoms with Gasteiger partial charge < -0.3 is 24.4 Å². The summed E-state index contributed by atoms with van der Waals surface area (Å²) in [5, 5.41) is 22.1. The van der Waals surface area contributed by atoms with Crippen LogP contribution in [0.1, 0.15) is 40.0 Å². The van der Waals surface area contributed by atoms with Gasteiger partial charge in [-0.25, -0.2) is 4.79 Å². The predicted octanol–water partition coefficient (Wildman–Crippen LogP) is 1.03. The van der Waals surface area contributed by atoms with E-state index in [9.17, 15) is 19.8 Å². The molecule has 27 heavy (non-hydrogen) atoms. The molecule has 2 N–H and O–H groups in total. The number of aliphatic hydroxyl groups excluding tert-OH is 1. The van der Waals surface area contributed by atoms with E-state index in [0.29, 0.717) is 12.0 Å². The number of allylic oxidation sites excluding steroid dienone is 1. The SMILES string of the molecule is C=C(C)C1CC2OC(O)(C(C)CC(=O)C=C(C)CC3OC(=O)C24OC34)C1O. The molecule has 4 rings (SSSR count). The Bertz CT molecular complexity index is 743. The van der Waals surface area contributed by atoms with Gasteiger partial charge in [-0.2, -0.15) is 0 Å². The number of rotatable bonds is 1. The summed E-state index contributed by atoms with van der Waals surface area (Å²) in [4.78, 5) is 25.1. The van der Waals surface area contributed by atoms with E-state index in [2.05, 4.69) is 6.58 Å². The van der Waals surface area contributed by atoms with Crippen molar-refractivity contribution in [3.05, 3.63) is 23.8 Å². The highest BCUT2D eigenvalue weighted by atomic mass is 16.7. The van der Waals surface area contributed by atoms with Crippen molar-refractivity contribution in [1.82, 2.24) is 0 Å². The number of fused-ring (bicyclic) bond motifs is 2. The van der Waals surface area contributed by atoms with Crippen LogP contribution in [0.15, 0.2) is 23.8 Å². The first kappa shape index (κ1) is 18.8. The Morgan fingerprint density at radius 3 is 2.63 bits per heavy atom. The first-order chi connectivity index (χ1) is 12.6. The number of epoxide rings is 1. The van der Waals surface area contributed by atoms with Crippen LogP contribution in [0.4, 0.5) is 0 Å². The maximum Gasteiger partial charge on any atom is 0.344 e. The molecule has 8 unspecified atom stereocenters. The molecule has 0 aromatic rings. The lowest BCUT2D eigenvalue weighted by molar-refractivity contribution is -0.338. The summed E-state index contributed by atoms with van der Waals surface area (Å²) in [6.07, 6.45) is -0.786. The second kappa shape index (κ2) is 5.98. The van der Waals surface area contributed by atoms with Gasteiger partial charge in [0, 0.05) is 24.7 Å². The van der Waals surface area contributed by atoms with Crippen molar-refractivity contribution in [2.45, 2.75) is 75.8 Å². The number of carbonyl (C=O) groups is 2. The molecule has 4 bridgehead atoms. The normalized spacial score (nSPS) is 49.3. The Balaban J connectivity index is 1.79. The molecule has 0 amide bonds. The fourth-order valence-electron chi connectivity index (χ4n) is 4.82. The maximum atomic E-state index is 12.7. The molecule has 4 heterocycles. The third-order valence-corrected chi connectivity index (χ3v) is 6.46. The van der Waals surface area contributed by atoms with E-state index in [-0.39, 0.29) is 18.6 Å². The van der Waals surface area contributed by atoms with Crippen LogP contribution >= 0.6 is 0 Å². The number of ketones is 1. The molecule has 0 aliphatic carbocycles. The highest BCUT2D eigenvalue weighted by Gasteiger charge is 2.78. The zero-order valence-corrected chi connectivity index (χ0v) is 15.8. The topological polar surface area (TPSA) is 106 Å². The molecule has 148 valence electrons. The van der Waals surface area contributed by atoms with Gasteiger partial charge in [-0.05, 0) is 26.3 Å². The van der Waals surface area contributed by atoms with Gasteiger partial charge in [0.15, 0.2) is 11.6 Å². The Kier molecular flexibility index (Phi) is 4.16. The van der Waals surface area contributed by atoms with Crippen LogP contribution < -0.4 is 0 Å². The molecule has 0 aromatic carbocycles. The second-order valence-corrected chi connectivity index (χ2v) is 8.53. The number of aliphatic hydroxyl groups is 2. The molecule has 4 aliphatic heterocycles. The van der Waals surface area contributed by atoms with Crippen LogP contribution in [0, 0.1) is 11.8 Å². The van der Waals surface area contributed by atoms with Gasteiger partial charge in [0.2, 0.25) is 5.60 Å². The standard InChI is InChI=1S/C20H26O7/c1-9(2)13-8-15-19-17(27-19)14(25-18(19)23)6-10(3)5-12(21)7-11(4)20(24,26-15)16(13)22/h5,11,13-17,22,24H,1,6-8H2,2-4H3. The van der Waals surface area contributed by atoms with Crippen LogP contribution in [-0.4, -0.2) is 57.8 Å². The number of carbonyl (C=O) groups excluding carboxylic acids is 2. The van der Waals surface area contributed by atoms with Gasteiger partial charge in [-0.3, -0.25) is 4.79 Å². The summed E-state index contributed by atoms with van der Waals surface area (Å²) >= 11 is 0. The molecule has 0 spiro atoms. The van der Waals surface area contributed by atoms with Crippen molar-refractivity contribution in [3.63, 3.8) is 0 Å². The molecule has 0 radical (unpaired) electrons. The zero-order valence-electron chi connectivity index (χ0n) is 15.8. The van der Waals surface area contributed by atoms with Gasteiger partial charge >= 0.3 is 5.97 Å². The predicted molar refractivity (Wildman–Crippen MR) is 93.4 cm³/mol. The number of hydrogen-bond donors (Lipinski definition) is 2. The Hall–Kier alpha value is -1.54. The van der Waals surface area contributed by atoms with E-state index >= 15 is 0 Å². The molecule has 4 aliphatic rings. The van der Waals surface area contributed by atoms with Crippen LogP contribution in [0.3, 0.4) is 0 Å². The highest BCUT2D eigenvalue weighted by molar-refractivity contribution is 5.91. The van der Waals surface area contributed by atoms with E-state index in [1.54, 1.807) is 13.8 Å². The average Bonchev–Trinajstić information content (AvgIpc) is 3.26. The van der Waals surface area contributed by atoms with Gasteiger partial charge in [-0.1, -0.05) is 24.6 Å². The Morgan fingerprint density at radius 1 is 1.30 bits per heavy atom. The Labute approximate surface area is 158 Å². The number of ether oxygens (including phenoxy) is 3. The molecule has 8 atom stereocenters. The summed E-state index contributed by atoms with van der Waals surface area (Å²) < 4.78 is 17.2. The number of esters is 1. The monoisotopic (exact) mass is 378 g/mol. The molecule has 7 heteroatoms. The summed E-state index contributed by atoms with van der Waals surface area (Å²) in [5.41, 5.74) is 0.206. The van der Waals surface area contributed by atoms with Crippen molar-refractivity contribution < 1.29 is 34.0 Å². The third kappa shape index (κ3) is 2.63. The fraction of sp³-hybridized carbons (Fsp3) is 0.700. The molecular weight excluding hydrogens is 352 g/mol.